The van der Waals surface area contributed by atoms with E-state index < -0.39 is 10.8 Å². The zero-order chi connectivity index (χ0) is 13.3. The Morgan fingerprint density at radius 2 is 1.88 bits per heavy atom. The molecule has 4 nitrogen and oxygen atoms in total. The summed E-state index contributed by atoms with van der Waals surface area (Å²) in [7, 11) is 0. The Hall–Kier alpha value is -1.06. The van der Waals surface area contributed by atoms with Gasteiger partial charge in [0.2, 0.25) is 11.8 Å². The molecule has 0 aromatic heterocycles. The highest BCUT2D eigenvalue weighted by atomic mass is 16.2. The lowest BCUT2D eigenvalue weighted by molar-refractivity contribution is -0.137. The molecule has 2 unspecified atom stereocenters. The lowest BCUT2D eigenvalue weighted by atomic mass is 9.62. The number of primary amides is 2. The van der Waals surface area contributed by atoms with E-state index in [2.05, 4.69) is 6.92 Å². The van der Waals surface area contributed by atoms with E-state index in [0.29, 0.717) is 12.8 Å². The molecule has 2 amide bonds. The number of carbonyl (C=O) groups is 2. The molecular formula is C13H24N2O2. The molecule has 4 N–H and O–H groups in total. The monoisotopic (exact) mass is 240 g/mol. The predicted molar refractivity (Wildman–Crippen MR) is 66.9 cm³/mol. The number of nitrogens with two attached hydrogens (primary N) is 2. The minimum absolute atomic E-state index is 0.244. The molecule has 1 rings (SSSR count). The summed E-state index contributed by atoms with van der Waals surface area (Å²) in [5.74, 6) is -0.832. The molecule has 2 atom stereocenters. The number of amides is 2. The zero-order valence-electron chi connectivity index (χ0n) is 11.1. The van der Waals surface area contributed by atoms with Crippen molar-refractivity contribution in [3.8, 4) is 0 Å². The molecule has 0 bridgehead atoms. The minimum atomic E-state index is -0.567. The van der Waals surface area contributed by atoms with Crippen LogP contribution in [0, 0.1) is 16.7 Å². The second-order valence-electron chi connectivity index (χ2n) is 5.77. The number of unbranched alkanes of at least 4 members (excludes halogenated alkanes) is 1. The van der Waals surface area contributed by atoms with Crippen LogP contribution in [0.4, 0.5) is 0 Å². The van der Waals surface area contributed by atoms with Crippen LogP contribution in [0.3, 0.4) is 0 Å². The summed E-state index contributed by atoms with van der Waals surface area (Å²) in [6.45, 7) is 5.99. The SMILES string of the molecule is CCCCC1(C(N)=O)CCC(C(N)=O)C1(C)C. The second kappa shape index (κ2) is 4.67. The fraction of sp³-hybridized carbons (Fsp3) is 0.846. The molecular weight excluding hydrogens is 216 g/mol. The Bertz CT molecular complexity index is 325. The van der Waals surface area contributed by atoms with Crippen LogP contribution in [0.1, 0.15) is 52.9 Å². The van der Waals surface area contributed by atoms with Crippen molar-refractivity contribution in [3.05, 3.63) is 0 Å². The van der Waals surface area contributed by atoms with Gasteiger partial charge in [0.25, 0.3) is 0 Å². The van der Waals surface area contributed by atoms with E-state index in [9.17, 15) is 9.59 Å². The number of hydrogen-bond donors (Lipinski definition) is 2. The van der Waals surface area contributed by atoms with E-state index >= 15 is 0 Å². The molecule has 17 heavy (non-hydrogen) atoms. The normalized spacial score (nSPS) is 31.4. The Morgan fingerprint density at radius 3 is 2.24 bits per heavy atom. The van der Waals surface area contributed by atoms with Crippen LogP contribution in [-0.4, -0.2) is 11.8 Å². The van der Waals surface area contributed by atoms with Gasteiger partial charge in [-0.15, -0.1) is 0 Å². The first-order valence-electron chi connectivity index (χ1n) is 6.39. The van der Waals surface area contributed by atoms with Crippen molar-refractivity contribution >= 4 is 11.8 Å². The van der Waals surface area contributed by atoms with E-state index in [1.807, 2.05) is 13.8 Å². The number of carbonyl (C=O) groups excluding carboxylic acids is 2. The third-order valence-corrected chi connectivity index (χ3v) is 4.74. The van der Waals surface area contributed by atoms with Crippen LogP contribution in [0.5, 0.6) is 0 Å². The molecule has 98 valence electrons. The summed E-state index contributed by atoms with van der Waals surface area (Å²) >= 11 is 0. The van der Waals surface area contributed by atoms with Crippen molar-refractivity contribution in [1.82, 2.24) is 0 Å². The summed E-state index contributed by atoms with van der Waals surface area (Å²) in [6, 6.07) is 0. The van der Waals surface area contributed by atoms with Gasteiger partial charge in [0.15, 0.2) is 0 Å². The predicted octanol–water partition coefficient (Wildman–Crippen LogP) is 1.57. The highest BCUT2D eigenvalue weighted by Gasteiger charge is 2.58. The summed E-state index contributed by atoms with van der Waals surface area (Å²) in [6.07, 6.45) is 4.09. The summed E-state index contributed by atoms with van der Waals surface area (Å²) in [4.78, 5) is 23.4. The highest BCUT2D eigenvalue weighted by molar-refractivity contribution is 5.86. The van der Waals surface area contributed by atoms with Gasteiger partial charge < -0.3 is 11.5 Å². The Morgan fingerprint density at radius 1 is 1.29 bits per heavy atom. The smallest absolute Gasteiger partial charge is 0.224 e. The van der Waals surface area contributed by atoms with E-state index in [0.717, 1.165) is 19.3 Å². The maximum atomic E-state index is 11.9. The lowest BCUT2D eigenvalue weighted by Crippen LogP contribution is -2.48. The molecule has 0 aliphatic heterocycles. The number of rotatable bonds is 5. The fourth-order valence-corrected chi connectivity index (χ4v) is 3.39. The lowest BCUT2D eigenvalue weighted by Gasteiger charge is -2.41. The molecule has 0 spiro atoms. The number of hydrogen-bond acceptors (Lipinski definition) is 2. The van der Waals surface area contributed by atoms with Gasteiger partial charge in [0.05, 0.1) is 5.41 Å². The van der Waals surface area contributed by atoms with E-state index in [-0.39, 0.29) is 17.7 Å². The Kier molecular flexibility index (Phi) is 3.84. The van der Waals surface area contributed by atoms with Crippen LogP contribution in [0.2, 0.25) is 0 Å². The van der Waals surface area contributed by atoms with Gasteiger partial charge in [-0.2, -0.15) is 0 Å². The van der Waals surface area contributed by atoms with Crippen LogP contribution >= 0.6 is 0 Å². The summed E-state index contributed by atoms with van der Waals surface area (Å²) in [5.41, 5.74) is 10.1. The average molecular weight is 240 g/mol. The van der Waals surface area contributed by atoms with Crippen molar-refractivity contribution in [2.75, 3.05) is 0 Å². The molecule has 4 heteroatoms. The summed E-state index contributed by atoms with van der Waals surface area (Å²) in [5, 5.41) is 0. The molecule has 1 saturated carbocycles. The van der Waals surface area contributed by atoms with Gasteiger partial charge in [0.1, 0.15) is 0 Å². The maximum absolute atomic E-state index is 11.9. The standard InChI is InChI=1S/C13H24N2O2/c1-4-5-7-13(11(15)17)8-6-9(10(14)16)12(13,2)3/h9H,4-8H2,1-3H3,(H2,14,16)(H2,15,17). The summed E-state index contributed by atoms with van der Waals surface area (Å²) < 4.78 is 0. The maximum Gasteiger partial charge on any atom is 0.224 e. The van der Waals surface area contributed by atoms with Gasteiger partial charge in [-0.3, -0.25) is 9.59 Å². The first-order chi connectivity index (χ1) is 7.79. The van der Waals surface area contributed by atoms with E-state index in [1.54, 1.807) is 0 Å². The molecule has 0 radical (unpaired) electrons. The third-order valence-electron chi connectivity index (χ3n) is 4.74. The zero-order valence-corrected chi connectivity index (χ0v) is 11.1. The highest BCUT2D eigenvalue weighted by Crippen LogP contribution is 2.58. The van der Waals surface area contributed by atoms with Crippen LogP contribution in [-0.2, 0) is 9.59 Å². The van der Waals surface area contributed by atoms with Gasteiger partial charge in [-0.05, 0) is 24.7 Å². The van der Waals surface area contributed by atoms with E-state index in [1.165, 1.54) is 0 Å². The Labute approximate surface area is 103 Å². The molecule has 0 aromatic rings. The Balaban J connectivity index is 3.07. The largest absolute Gasteiger partial charge is 0.369 e. The first kappa shape index (κ1) is 14.0. The van der Waals surface area contributed by atoms with Crippen molar-refractivity contribution in [3.63, 3.8) is 0 Å². The second-order valence-corrected chi connectivity index (χ2v) is 5.77. The molecule has 1 fully saturated rings. The van der Waals surface area contributed by atoms with Gasteiger partial charge in [-0.25, -0.2) is 0 Å². The van der Waals surface area contributed by atoms with Crippen molar-refractivity contribution in [2.24, 2.45) is 28.2 Å². The quantitative estimate of drug-likeness (QED) is 0.764. The molecule has 0 heterocycles. The van der Waals surface area contributed by atoms with Crippen LogP contribution < -0.4 is 11.5 Å². The van der Waals surface area contributed by atoms with Crippen molar-refractivity contribution < 1.29 is 9.59 Å². The molecule has 0 saturated heterocycles. The molecule has 1 aliphatic carbocycles. The van der Waals surface area contributed by atoms with Crippen molar-refractivity contribution in [2.45, 2.75) is 52.9 Å². The van der Waals surface area contributed by atoms with Crippen LogP contribution in [0.25, 0.3) is 0 Å². The molecule has 0 aromatic carbocycles. The van der Waals surface area contributed by atoms with Gasteiger partial charge in [0, 0.05) is 5.92 Å². The minimum Gasteiger partial charge on any atom is -0.369 e. The van der Waals surface area contributed by atoms with Gasteiger partial charge >= 0.3 is 0 Å². The molecule has 1 aliphatic rings. The fourth-order valence-electron chi connectivity index (χ4n) is 3.39. The average Bonchev–Trinajstić information content (AvgIpc) is 2.47. The van der Waals surface area contributed by atoms with Gasteiger partial charge in [-0.1, -0.05) is 33.6 Å². The van der Waals surface area contributed by atoms with Crippen LogP contribution in [0.15, 0.2) is 0 Å². The first-order valence-corrected chi connectivity index (χ1v) is 6.39. The van der Waals surface area contributed by atoms with Crippen molar-refractivity contribution in [1.29, 1.82) is 0 Å². The third kappa shape index (κ3) is 2.05. The topological polar surface area (TPSA) is 86.2 Å². The van der Waals surface area contributed by atoms with E-state index in [4.69, 9.17) is 11.5 Å².